The summed E-state index contributed by atoms with van der Waals surface area (Å²) in [6, 6.07) is -4.28. The predicted molar refractivity (Wildman–Crippen MR) is 123 cm³/mol. The second kappa shape index (κ2) is 14.7. The van der Waals surface area contributed by atoms with Crippen molar-refractivity contribution in [3.63, 3.8) is 0 Å². The average molecular weight is 476 g/mol. The van der Waals surface area contributed by atoms with E-state index in [1.54, 1.807) is 13.8 Å². The minimum atomic E-state index is -1.22. The molecule has 8 N–H and O–H groups in total. The predicted octanol–water partition coefficient (Wildman–Crippen LogP) is -0.860. The van der Waals surface area contributed by atoms with Gasteiger partial charge < -0.3 is 32.5 Å². The lowest BCUT2D eigenvalue weighted by atomic mass is 9.98. The fraction of sp³-hybridized carbons (Fsp3) is 0.750. The summed E-state index contributed by atoms with van der Waals surface area (Å²) < 4.78 is 0. The van der Waals surface area contributed by atoms with E-state index in [4.69, 9.17) is 11.5 Å². The molecule has 0 aromatic heterocycles. The van der Waals surface area contributed by atoms with Gasteiger partial charge in [0.25, 0.3) is 0 Å². The van der Waals surface area contributed by atoms with Crippen LogP contribution in [0.25, 0.3) is 0 Å². The number of hydrogen-bond acceptors (Lipinski definition) is 7. The van der Waals surface area contributed by atoms with Gasteiger partial charge in [0.15, 0.2) is 0 Å². The summed E-state index contributed by atoms with van der Waals surface area (Å²) in [6.45, 7) is 7.17. The number of carboxylic acids is 1. The van der Waals surface area contributed by atoms with Crippen LogP contribution in [0, 0.1) is 11.8 Å². The number of amides is 4. The van der Waals surface area contributed by atoms with Crippen molar-refractivity contribution in [1.82, 2.24) is 16.0 Å². The van der Waals surface area contributed by atoms with Crippen LogP contribution < -0.4 is 27.4 Å². The third kappa shape index (κ3) is 10.8. The molecule has 4 amide bonds. The molecule has 184 valence electrons. The minimum Gasteiger partial charge on any atom is -0.480 e. The quantitative estimate of drug-likeness (QED) is 0.150. The molecule has 0 radical (unpaired) electrons. The molecule has 11 nitrogen and oxygen atoms in total. The van der Waals surface area contributed by atoms with Crippen LogP contribution >= 0.6 is 12.6 Å². The fourth-order valence-corrected chi connectivity index (χ4v) is 3.00. The summed E-state index contributed by atoms with van der Waals surface area (Å²) in [4.78, 5) is 60.6. The molecule has 32 heavy (non-hydrogen) atoms. The maximum atomic E-state index is 12.9. The first-order valence-electron chi connectivity index (χ1n) is 10.6. The van der Waals surface area contributed by atoms with Gasteiger partial charge in [-0.05, 0) is 24.7 Å². The first-order chi connectivity index (χ1) is 14.8. The van der Waals surface area contributed by atoms with Crippen LogP contribution in [-0.4, -0.2) is 64.6 Å². The highest BCUT2D eigenvalue weighted by Gasteiger charge is 2.32. The van der Waals surface area contributed by atoms with Gasteiger partial charge in [-0.25, -0.2) is 4.79 Å². The smallest absolute Gasteiger partial charge is 0.326 e. The highest BCUT2D eigenvalue weighted by molar-refractivity contribution is 7.80. The van der Waals surface area contributed by atoms with Gasteiger partial charge in [0.05, 0.1) is 6.04 Å². The fourth-order valence-electron chi connectivity index (χ4n) is 2.83. The largest absolute Gasteiger partial charge is 0.480 e. The number of nitrogens with one attached hydrogen (secondary N) is 3. The normalized spacial score (nSPS) is 15.7. The van der Waals surface area contributed by atoms with Gasteiger partial charge in [-0.15, -0.1) is 0 Å². The Labute approximate surface area is 194 Å². The van der Waals surface area contributed by atoms with E-state index in [1.165, 1.54) is 0 Å². The maximum Gasteiger partial charge on any atom is 0.326 e. The first-order valence-corrected chi connectivity index (χ1v) is 11.3. The van der Waals surface area contributed by atoms with Crippen molar-refractivity contribution in [3.05, 3.63) is 0 Å². The lowest BCUT2D eigenvalue weighted by molar-refractivity contribution is -0.144. The molecule has 5 atom stereocenters. The number of nitrogens with two attached hydrogens (primary N) is 2. The molecular formula is C20H37N5O6S. The standard InChI is InChI=1S/C20H37N5O6S/c1-5-11(4)16(20(30)31)25-18(28)13(6-7-15(22)26)23-19(29)14(8-10(2)3)24-17(27)12(21)9-32/h10-14,16,32H,5-9,21H2,1-4H3,(H2,22,26)(H,23,29)(H,24,27)(H,25,28)(H,30,31). The number of hydrogen-bond donors (Lipinski definition) is 7. The van der Waals surface area contributed by atoms with E-state index in [0.717, 1.165) is 0 Å². The van der Waals surface area contributed by atoms with Crippen LogP contribution in [0.5, 0.6) is 0 Å². The van der Waals surface area contributed by atoms with Gasteiger partial charge in [0, 0.05) is 12.2 Å². The number of carboxylic acid groups (broad SMARTS) is 1. The third-order valence-corrected chi connectivity index (χ3v) is 5.36. The Bertz CT molecular complexity index is 675. The van der Waals surface area contributed by atoms with E-state index in [0.29, 0.717) is 6.42 Å². The molecule has 5 unspecified atom stereocenters. The number of carbonyl (C=O) groups is 5. The molecule has 0 bridgehead atoms. The number of thiol groups is 1. The van der Waals surface area contributed by atoms with Crippen molar-refractivity contribution < 1.29 is 29.1 Å². The summed E-state index contributed by atoms with van der Waals surface area (Å²) >= 11 is 3.97. The molecule has 0 aliphatic rings. The molecule has 0 aliphatic heterocycles. The van der Waals surface area contributed by atoms with Gasteiger partial charge in [0.2, 0.25) is 23.6 Å². The Balaban J connectivity index is 5.58. The molecule has 0 heterocycles. The van der Waals surface area contributed by atoms with Crippen molar-refractivity contribution in [1.29, 1.82) is 0 Å². The number of primary amides is 1. The molecule has 0 aromatic carbocycles. The second-order valence-corrected chi connectivity index (χ2v) is 8.62. The summed E-state index contributed by atoms with van der Waals surface area (Å²) in [6.07, 6.45) is 0.443. The SMILES string of the molecule is CCC(C)C(NC(=O)C(CCC(N)=O)NC(=O)C(CC(C)C)NC(=O)C(N)CS)C(=O)O. The first kappa shape index (κ1) is 29.7. The lowest BCUT2D eigenvalue weighted by Crippen LogP contribution is -2.58. The van der Waals surface area contributed by atoms with E-state index < -0.39 is 53.8 Å². The molecule has 0 fully saturated rings. The van der Waals surface area contributed by atoms with Crippen molar-refractivity contribution in [2.75, 3.05) is 5.75 Å². The summed E-state index contributed by atoms with van der Waals surface area (Å²) in [5, 5.41) is 16.9. The molecule has 0 aliphatic carbocycles. The molecule has 0 rings (SSSR count). The van der Waals surface area contributed by atoms with E-state index in [2.05, 4.69) is 28.6 Å². The van der Waals surface area contributed by atoms with Gasteiger partial charge in [-0.3, -0.25) is 19.2 Å². The lowest BCUT2D eigenvalue weighted by Gasteiger charge is -2.27. The number of carbonyl (C=O) groups excluding carboxylic acids is 4. The summed E-state index contributed by atoms with van der Waals surface area (Å²) in [5.41, 5.74) is 10.8. The van der Waals surface area contributed by atoms with Crippen molar-refractivity contribution in [2.45, 2.75) is 77.5 Å². The van der Waals surface area contributed by atoms with Gasteiger partial charge in [-0.2, -0.15) is 12.6 Å². The zero-order chi connectivity index (χ0) is 25.0. The monoisotopic (exact) mass is 475 g/mol. The molecule has 12 heteroatoms. The zero-order valence-corrected chi connectivity index (χ0v) is 20.0. The van der Waals surface area contributed by atoms with Crippen molar-refractivity contribution in [3.8, 4) is 0 Å². The van der Waals surface area contributed by atoms with Gasteiger partial charge in [-0.1, -0.05) is 34.1 Å². The van der Waals surface area contributed by atoms with Crippen molar-refractivity contribution >= 4 is 42.2 Å². The van der Waals surface area contributed by atoms with Gasteiger partial charge in [0.1, 0.15) is 18.1 Å². The Kier molecular flexibility index (Phi) is 13.6. The van der Waals surface area contributed by atoms with Crippen LogP contribution in [0.3, 0.4) is 0 Å². The molecule has 0 aromatic rings. The Hall–Kier alpha value is -2.34. The van der Waals surface area contributed by atoms with Crippen LogP contribution in [0.15, 0.2) is 0 Å². The van der Waals surface area contributed by atoms with Crippen LogP contribution in [-0.2, 0) is 24.0 Å². The summed E-state index contributed by atoms with van der Waals surface area (Å²) in [7, 11) is 0. The molecule has 0 spiro atoms. The molecule has 0 saturated carbocycles. The summed E-state index contributed by atoms with van der Waals surface area (Å²) in [5.74, 6) is -4.12. The highest BCUT2D eigenvalue weighted by Crippen LogP contribution is 2.10. The Morgan fingerprint density at radius 2 is 1.47 bits per heavy atom. The minimum absolute atomic E-state index is 0.0259. The molecule has 0 saturated heterocycles. The zero-order valence-electron chi connectivity index (χ0n) is 19.1. The maximum absolute atomic E-state index is 12.9. The van der Waals surface area contributed by atoms with Crippen LogP contribution in [0.4, 0.5) is 0 Å². The Morgan fingerprint density at radius 3 is 1.91 bits per heavy atom. The van der Waals surface area contributed by atoms with Gasteiger partial charge >= 0.3 is 5.97 Å². The van der Waals surface area contributed by atoms with Crippen molar-refractivity contribution in [2.24, 2.45) is 23.3 Å². The van der Waals surface area contributed by atoms with E-state index in [-0.39, 0.29) is 36.9 Å². The second-order valence-electron chi connectivity index (χ2n) is 8.26. The van der Waals surface area contributed by atoms with E-state index in [1.807, 2.05) is 13.8 Å². The van der Waals surface area contributed by atoms with E-state index in [9.17, 15) is 29.1 Å². The Morgan fingerprint density at radius 1 is 0.938 bits per heavy atom. The third-order valence-electron chi connectivity index (χ3n) is 4.96. The number of rotatable bonds is 15. The van der Waals surface area contributed by atoms with E-state index >= 15 is 0 Å². The van der Waals surface area contributed by atoms with Crippen LogP contribution in [0.1, 0.15) is 53.4 Å². The van der Waals surface area contributed by atoms with Crippen LogP contribution in [0.2, 0.25) is 0 Å². The topological polar surface area (TPSA) is 194 Å². The highest BCUT2D eigenvalue weighted by atomic mass is 32.1. The molecular weight excluding hydrogens is 438 g/mol. The average Bonchev–Trinajstić information content (AvgIpc) is 2.71. The number of aliphatic carboxylic acids is 1.